The number of piperidine rings is 1. The zero-order valence-electron chi connectivity index (χ0n) is 5.77. The summed E-state index contributed by atoms with van der Waals surface area (Å²) in [6, 6.07) is 0.888. The molecule has 9 heavy (non-hydrogen) atoms. The highest BCUT2D eigenvalue weighted by Gasteiger charge is 2.25. The summed E-state index contributed by atoms with van der Waals surface area (Å²) in [5.74, 6) is 0. The fourth-order valence-corrected chi connectivity index (χ4v) is 1.87. The van der Waals surface area contributed by atoms with E-state index in [1.54, 1.807) is 0 Å². The molecular weight excluding hydrogens is 112 g/mol. The Kier molecular flexibility index (Phi) is 1.44. The summed E-state index contributed by atoms with van der Waals surface area (Å²) in [5.41, 5.74) is 0. The zero-order valence-corrected chi connectivity index (χ0v) is 5.77. The Bertz CT molecular complexity index is 91.1. The first-order valence-electron chi connectivity index (χ1n) is 3.91. The molecular formula is C7H14N2. The molecule has 0 aliphatic carbocycles. The second kappa shape index (κ2) is 2.27. The van der Waals surface area contributed by atoms with Gasteiger partial charge in [-0.1, -0.05) is 6.42 Å². The van der Waals surface area contributed by atoms with Crippen molar-refractivity contribution in [1.82, 2.24) is 10.2 Å². The molecule has 2 rings (SSSR count). The molecule has 0 aromatic carbocycles. The highest BCUT2D eigenvalue weighted by atomic mass is 15.3. The van der Waals surface area contributed by atoms with Gasteiger partial charge in [0.2, 0.25) is 0 Å². The van der Waals surface area contributed by atoms with Crippen molar-refractivity contribution < 1.29 is 0 Å². The monoisotopic (exact) mass is 126 g/mol. The Morgan fingerprint density at radius 3 is 3.22 bits per heavy atom. The fraction of sp³-hybridized carbons (Fsp3) is 1.00. The van der Waals surface area contributed by atoms with Crippen LogP contribution in [0.3, 0.4) is 0 Å². The van der Waals surface area contributed by atoms with Crippen molar-refractivity contribution >= 4 is 0 Å². The van der Waals surface area contributed by atoms with Crippen LogP contribution in [0.4, 0.5) is 0 Å². The molecule has 2 aliphatic rings. The smallest absolute Gasteiger partial charge is 0.0484 e. The van der Waals surface area contributed by atoms with Gasteiger partial charge in [-0.2, -0.15) is 0 Å². The number of fused-ring (bicyclic) bond motifs is 1. The van der Waals surface area contributed by atoms with Gasteiger partial charge in [-0.25, -0.2) is 0 Å². The summed E-state index contributed by atoms with van der Waals surface area (Å²) in [7, 11) is 0. The van der Waals surface area contributed by atoms with Gasteiger partial charge in [-0.15, -0.1) is 0 Å². The van der Waals surface area contributed by atoms with Crippen molar-refractivity contribution in [1.29, 1.82) is 0 Å². The number of hydrogen-bond donors (Lipinski definition) is 1. The third-order valence-electron chi connectivity index (χ3n) is 2.44. The average molecular weight is 126 g/mol. The Hall–Kier alpha value is -0.0800. The van der Waals surface area contributed by atoms with Gasteiger partial charge in [-0.3, -0.25) is 4.90 Å². The lowest BCUT2D eigenvalue weighted by atomic mass is 10.0. The minimum Gasteiger partial charge on any atom is -0.303 e. The lowest BCUT2D eigenvalue weighted by molar-refractivity contribution is 0.203. The standard InChI is InChI=1S/C7H14N2/c1-2-4-9-6-8-5-7(9)3-1/h7-8H,1-6H2. The minimum atomic E-state index is 0.888. The molecule has 1 N–H and O–H groups in total. The first-order chi connectivity index (χ1) is 4.47. The first kappa shape index (κ1) is 5.69. The van der Waals surface area contributed by atoms with Gasteiger partial charge in [0.1, 0.15) is 0 Å². The fourth-order valence-electron chi connectivity index (χ4n) is 1.87. The van der Waals surface area contributed by atoms with Crippen molar-refractivity contribution in [2.45, 2.75) is 25.3 Å². The number of nitrogens with zero attached hydrogens (tertiary/aromatic N) is 1. The molecule has 2 aliphatic heterocycles. The molecule has 2 saturated heterocycles. The maximum absolute atomic E-state index is 3.39. The second-order valence-corrected chi connectivity index (χ2v) is 3.07. The van der Waals surface area contributed by atoms with Gasteiger partial charge in [0.15, 0.2) is 0 Å². The van der Waals surface area contributed by atoms with Crippen molar-refractivity contribution in [2.75, 3.05) is 19.8 Å². The van der Waals surface area contributed by atoms with Gasteiger partial charge < -0.3 is 5.32 Å². The molecule has 0 aromatic heterocycles. The van der Waals surface area contributed by atoms with Crippen molar-refractivity contribution in [3.63, 3.8) is 0 Å². The van der Waals surface area contributed by atoms with Crippen LogP contribution in [0.25, 0.3) is 0 Å². The highest BCUT2D eigenvalue weighted by molar-refractivity contribution is 4.82. The van der Waals surface area contributed by atoms with Crippen molar-refractivity contribution in [2.24, 2.45) is 0 Å². The predicted molar refractivity (Wildman–Crippen MR) is 37.2 cm³/mol. The maximum Gasteiger partial charge on any atom is 0.0484 e. The molecule has 2 heteroatoms. The third kappa shape index (κ3) is 0.970. The van der Waals surface area contributed by atoms with Crippen molar-refractivity contribution in [3.05, 3.63) is 0 Å². The topological polar surface area (TPSA) is 15.3 Å². The Balaban J connectivity index is 1.97. The molecule has 0 radical (unpaired) electrons. The van der Waals surface area contributed by atoms with E-state index in [2.05, 4.69) is 10.2 Å². The van der Waals surface area contributed by atoms with E-state index in [0.717, 1.165) is 12.7 Å². The van der Waals surface area contributed by atoms with E-state index >= 15 is 0 Å². The van der Waals surface area contributed by atoms with E-state index in [0.29, 0.717) is 0 Å². The quantitative estimate of drug-likeness (QED) is 0.505. The maximum atomic E-state index is 3.39. The Morgan fingerprint density at radius 1 is 1.33 bits per heavy atom. The molecule has 0 bridgehead atoms. The molecule has 0 spiro atoms. The van der Waals surface area contributed by atoms with Gasteiger partial charge in [0, 0.05) is 19.3 Å². The molecule has 2 nitrogen and oxygen atoms in total. The molecule has 1 atom stereocenters. The number of rotatable bonds is 0. The van der Waals surface area contributed by atoms with Crippen LogP contribution in [0.5, 0.6) is 0 Å². The lowest BCUT2D eigenvalue weighted by Crippen LogP contribution is -2.35. The average Bonchev–Trinajstić information content (AvgIpc) is 2.33. The van der Waals surface area contributed by atoms with Gasteiger partial charge in [0.05, 0.1) is 0 Å². The van der Waals surface area contributed by atoms with Gasteiger partial charge >= 0.3 is 0 Å². The van der Waals surface area contributed by atoms with E-state index in [1.165, 1.54) is 32.4 Å². The third-order valence-corrected chi connectivity index (χ3v) is 2.44. The van der Waals surface area contributed by atoms with Gasteiger partial charge in [0.25, 0.3) is 0 Å². The van der Waals surface area contributed by atoms with Crippen LogP contribution in [0, 0.1) is 0 Å². The highest BCUT2D eigenvalue weighted by Crippen LogP contribution is 2.17. The number of hydrogen-bond acceptors (Lipinski definition) is 2. The van der Waals surface area contributed by atoms with Crippen LogP contribution in [0.2, 0.25) is 0 Å². The summed E-state index contributed by atoms with van der Waals surface area (Å²) >= 11 is 0. The molecule has 1 unspecified atom stereocenters. The van der Waals surface area contributed by atoms with Crippen LogP contribution < -0.4 is 5.32 Å². The van der Waals surface area contributed by atoms with E-state index in [-0.39, 0.29) is 0 Å². The SMILES string of the molecule is C1CCN2CNCC2C1. The largest absolute Gasteiger partial charge is 0.303 e. The summed E-state index contributed by atoms with van der Waals surface area (Å²) < 4.78 is 0. The van der Waals surface area contributed by atoms with Crippen LogP contribution >= 0.6 is 0 Å². The zero-order chi connectivity index (χ0) is 6.10. The molecule has 0 amide bonds. The first-order valence-corrected chi connectivity index (χ1v) is 3.91. The molecule has 0 saturated carbocycles. The number of nitrogens with one attached hydrogen (secondary N) is 1. The molecule has 52 valence electrons. The lowest BCUT2D eigenvalue weighted by Gasteiger charge is -2.27. The Morgan fingerprint density at radius 2 is 2.33 bits per heavy atom. The van der Waals surface area contributed by atoms with Gasteiger partial charge in [-0.05, 0) is 19.4 Å². The van der Waals surface area contributed by atoms with E-state index in [9.17, 15) is 0 Å². The van der Waals surface area contributed by atoms with Crippen LogP contribution in [0.1, 0.15) is 19.3 Å². The second-order valence-electron chi connectivity index (χ2n) is 3.07. The predicted octanol–water partition coefficient (Wildman–Crippen LogP) is 0.402. The summed E-state index contributed by atoms with van der Waals surface area (Å²) in [4.78, 5) is 2.56. The normalized spacial score (nSPS) is 36.7. The summed E-state index contributed by atoms with van der Waals surface area (Å²) in [6.45, 7) is 3.71. The van der Waals surface area contributed by atoms with E-state index in [1.807, 2.05) is 0 Å². The molecule has 2 fully saturated rings. The van der Waals surface area contributed by atoms with E-state index < -0.39 is 0 Å². The molecule has 2 heterocycles. The van der Waals surface area contributed by atoms with Crippen LogP contribution in [-0.2, 0) is 0 Å². The van der Waals surface area contributed by atoms with Crippen molar-refractivity contribution in [3.8, 4) is 0 Å². The van der Waals surface area contributed by atoms with E-state index in [4.69, 9.17) is 0 Å². The summed E-state index contributed by atoms with van der Waals surface area (Å²) in [5, 5.41) is 3.39. The van der Waals surface area contributed by atoms with Crippen LogP contribution in [0.15, 0.2) is 0 Å². The van der Waals surface area contributed by atoms with Crippen LogP contribution in [-0.4, -0.2) is 30.7 Å². The Labute approximate surface area is 56.2 Å². The minimum absolute atomic E-state index is 0.888. The molecule has 0 aromatic rings. The summed E-state index contributed by atoms with van der Waals surface area (Å²) in [6.07, 6.45) is 4.29.